The molecule has 4 aromatic rings. The van der Waals surface area contributed by atoms with Gasteiger partial charge in [-0.1, -0.05) is 42.5 Å². The zero-order valence-corrected chi connectivity index (χ0v) is 20.9. The molecule has 4 rings (SSSR count). The number of nitrogens with one attached hydrogen (secondary N) is 3. The van der Waals surface area contributed by atoms with E-state index in [2.05, 4.69) is 15.4 Å². The topological polar surface area (TPSA) is 96.5 Å². The standard InChI is InChI=1S/C27H23N3O4S2/c1-34-23-14-10-22(11-15-23)30-36(32,33)24-16-12-21(13-17-24)28-27(35)29-26(31)18-9-20-7-4-6-19-5-2-3-8-25(19)20/h2-18,30H,1H3,(H2,28,29,31,35)/b18-9+. The van der Waals surface area contributed by atoms with Crippen LogP contribution in [-0.4, -0.2) is 26.5 Å². The average molecular weight is 518 g/mol. The SMILES string of the molecule is COc1ccc(NS(=O)(=O)c2ccc(NC(=S)NC(=O)/C=C/c3cccc4ccccc34)cc2)cc1. The van der Waals surface area contributed by atoms with Crippen LogP contribution in [0.4, 0.5) is 11.4 Å². The fourth-order valence-corrected chi connectivity index (χ4v) is 4.74. The minimum atomic E-state index is -3.78. The molecule has 3 N–H and O–H groups in total. The lowest BCUT2D eigenvalue weighted by molar-refractivity contribution is -0.115. The second-order valence-electron chi connectivity index (χ2n) is 7.70. The molecule has 0 atom stereocenters. The largest absolute Gasteiger partial charge is 0.497 e. The molecular weight excluding hydrogens is 494 g/mol. The Hall–Kier alpha value is -4.21. The van der Waals surface area contributed by atoms with Gasteiger partial charge in [-0.25, -0.2) is 8.42 Å². The second-order valence-corrected chi connectivity index (χ2v) is 9.79. The number of hydrogen-bond donors (Lipinski definition) is 3. The van der Waals surface area contributed by atoms with E-state index in [0.29, 0.717) is 17.1 Å². The van der Waals surface area contributed by atoms with E-state index in [9.17, 15) is 13.2 Å². The Morgan fingerprint density at radius 1 is 0.861 bits per heavy atom. The van der Waals surface area contributed by atoms with E-state index in [1.165, 1.54) is 25.3 Å². The van der Waals surface area contributed by atoms with E-state index in [4.69, 9.17) is 17.0 Å². The number of benzene rings is 4. The number of methoxy groups -OCH3 is 1. The van der Waals surface area contributed by atoms with E-state index in [-0.39, 0.29) is 15.9 Å². The van der Waals surface area contributed by atoms with Crippen molar-refractivity contribution in [1.29, 1.82) is 0 Å². The third-order valence-electron chi connectivity index (χ3n) is 5.24. The fraction of sp³-hybridized carbons (Fsp3) is 0.0370. The number of carbonyl (C=O) groups is 1. The van der Waals surface area contributed by atoms with E-state index in [1.54, 1.807) is 42.5 Å². The molecule has 0 saturated heterocycles. The van der Waals surface area contributed by atoms with Crippen molar-refractivity contribution in [3.63, 3.8) is 0 Å². The maximum atomic E-state index is 12.7. The molecule has 0 spiro atoms. The Morgan fingerprint density at radius 2 is 1.53 bits per heavy atom. The summed E-state index contributed by atoms with van der Waals surface area (Å²) in [4.78, 5) is 12.4. The molecule has 0 unspecified atom stereocenters. The third kappa shape index (κ3) is 6.26. The Morgan fingerprint density at radius 3 is 2.25 bits per heavy atom. The van der Waals surface area contributed by atoms with Gasteiger partial charge in [0.05, 0.1) is 12.0 Å². The number of hydrogen-bond acceptors (Lipinski definition) is 5. The van der Waals surface area contributed by atoms with Gasteiger partial charge in [-0.05, 0) is 83.2 Å². The fourth-order valence-electron chi connectivity index (χ4n) is 3.47. The highest BCUT2D eigenvalue weighted by Gasteiger charge is 2.14. The highest BCUT2D eigenvalue weighted by molar-refractivity contribution is 7.92. The molecule has 0 aromatic heterocycles. The first-order valence-electron chi connectivity index (χ1n) is 10.9. The van der Waals surface area contributed by atoms with Crippen molar-refractivity contribution in [2.24, 2.45) is 0 Å². The number of amides is 1. The number of carbonyl (C=O) groups excluding carboxylic acids is 1. The van der Waals surface area contributed by atoms with Gasteiger partial charge in [0.25, 0.3) is 10.0 Å². The molecule has 0 aliphatic carbocycles. The maximum absolute atomic E-state index is 12.7. The molecule has 1 amide bonds. The minimum Gasteiger partial charge on any atom is -0.497 e. The Labute approximate surface area is 214 Å². The first-order valence-corrected chi connectivity index (χ1v) is 12.8. The predicted octanol–water partition coefficient (Wildman–Crippen LogP) is 5.18. The van der Waals surface area contributed by atoms with Gasteiger partial charge < -0.3 is 10.1 Å². The van der Waals surface area contributed by atoms with Crippen molar-refractivity contribution >= 4 is 61.5 Å². The van der Waals surface area contributed by atoms with Crippen LogP contribution in [0.2, 0.25) is 0 Å². The lowest BCUT2D eigenvalue weighted by atomic mass is 10.0. The maximum Gasteiger partial charge on any atom is 0.261 e. The van der Waals surface area contributed by atoms with Crippen LogP contribution < -0.4 is 20.1 Å². The molecule has 4 aromatic carbocycles. The van der Waals surface area contributed by atoms with Gasteiger partial charge in [-0.3, -0.25) is 14.8 Å². The quantitative estimate of drug-likeness (QED) is 0.231. The molecule has 0 bridgehead atoms. The van der Waals surface area contributed by atoms with E-state index in [1.807, 2.05) is 42.5 Å². The van der Waals surface area contributed by atoms with Gasteiger partial charge in [0.2, 0.25) is 5.91 Å². The van der Waals surface area contributed by atoms with Crippen molar-refractivity contribution in [1.82, 2.24) is 5.32 Å². The molecule has 36 heavy (non-hydrogen) atoms. The van der Waals surface area contributed by atoms with Gasteiger partial charge in [-0.15, -0.1) is 0 Å². The van der Waals surface area contributed by atoms with Crippen molar-refractivity contribution in [3.05, 3.63) is 103 Å². The highest BCUT2D eigenvalue weighted by atomic mass is 32.2. The zero-order chi connectivity index (χ0) is 25.5. The Bertz CT molecular complexity index is 1530. The number of anilines is 2. The molecular formula is C27H23N3O4S2. The summed E-state index contributed by atoms with van der Waals surface area (Å²) < 4.78 is 32.9. The first kappa shape index (κ1) is 24.9. The van der Waals surface area contributed by atoms with Gasteiger partial charge in [0.15, 0.2) is 5.11 Å². The van der Waals surface area contributed by atoms with Crippen LogP contribution in [0.5, 0.6) is 5.75 Å². The van der Waals surface area contributed by atoms with Crippen LogP contribution in [0, 0.1) is 0 Å². The summed E-state index contributed by atoms with van der Waals surface area (Å²) in [6.45, 7) is 0. The van der Waals surface area contributed by atoms with E-state index < -0.39 is 10.0 Å². The summed E-state index contributed by atoms with van der Waals surface area (Å²) in [6.07, 6.45) is 3.14. The van der Waals surface area contributed by atoms with Crippen molar-refractivity contribution in [2.45, 2.75) is 4.90 Å². The van der Waals surface area contributed by atoms with Crippen LogP contribution >= 0.6 is 12.2 Å². The van der Waals surface area contributed by atoms with Crippen LogP contribution in [-0.2, 0) is 14.8 Å². The van der Waals surface area contributed by atoms with Crippen molar-refractivity contribution in [3.8, 4) is 5.75 Å². The molecule has 0 heterocycles. The van der Waals surface area contributed by atoms with Crippen LogP contribution in [0.1, 0.15) is 5.56 Å². The Balaban J connectivity index is 1.34. The number of fused-ring (bicyclic) bond motifs is 1. The van der Waals surface area contributed by atoms with Crippen LogP contribution in [0.25, 0.3) is 16.8 Å². The normalized spacial score (nSPS) is 11.2. The molecule has 0 fully saturated rings. The van der Waals surface area contributed by atoms with Gasteiger partial charge in [0, 0.05) is 17.5 Å². The average Bonchev–Trinajstić information content (AvgIpc) is 2.88. The molecule has 0 aliphatic rings. The number of rotatable bonds is 7. The molecule has 9 heteroatoms. The molecule has 0 radical (unpaired) electrons. The molecule has 0 saturated carbocycles. The van der Waals surface area contributed by atoms with Gasteiger partial charge >= 0.3 is 0 Å². The summed E-state index contributed by atoms with van der Waals surface area (Å²) in [5.74, 6) is 0.240. The van der Waals surface area contributed by atoms with Crippen molar-refractivity contribution < 1.29 is 17.9 Å². The molecule has 182 valence electrons. The summed E-state index contributed by atoms with van der Waals surface area (Å²) >= 11 is 5.22. The molecule has 7 nitrogen and oxygen atoms in total. The minimum absolute atomic E-state index is 0.0804. The van der Waals surface area contributed by atoms with Gasteiger partial charge in [-0.2, -0.15) is 0 Å². The number of ether oxygens (including phenoxy) is 1. The monoisotopic (exact) mass is 517 g/mol. The Kier molecular flexibility index (Phi) is 7.62. The summed E-state index contributed by atoms with van der Waals surface area (Å²) in [7, 11) is -2.24. The third-order valence-corrected chi connectivity index (χ3v) is 6.84. The lowest BCUT2D eigenvalue weighted by Gasteiger charge is -2.11. The predicted molar refractivity (Wildman–Crippen MR) is 148 cm³/mol. The van der Waals surface area contributed by atoms with E-state index >= 15 is 0 Å². The molecule has 0 aliphatic heterocycles. The van der Waals surface area contributed by atoms with Crippen molar-refractivity contribution in [2.75, 3.05) is 17.1 Å². The summed E-state index contributed by atoms with van der Waals surface area (Å²) in [5.41, 5.74) is 1.86. The first-order chi connectivity index (χ1) is 17.3. The van der Waals surface area contributed by atoms with E-state index in [0.717, 1.165) is 16.3 Å². The second kappa shape index (κ2) is 11.0. The summed E-state index contributed by atoms with van der Waals surface area (Å²) in [6, 6.07) is 26.4. The van der Waals surface area contributed by atoms with Crippen LogP contribution in [0.3, 0.4) is 0 Å². The number of thiocarbonyl (C=S) groups is 1. The zero-order valence-electron chi connectivity index (χ0n) is 19.3. The summed E-state index contributed by atoms with van der Waals surface area (Å²) in [5, 5.41) is 7.69. The van der Waals surface area contributed by atoms with Gasteiger partial charge in [0.1, 0.15) is 5.75 Å². The smallest absolute Gasteiger partial charge is 0.261 e. The lowest BCUT2D eigenvalue weighted by Crippen LogP contribution is -2.32. The van der Waals surface area contributed by atoms with Crippen LogP contribution in [0.15, 0.2) is 102 Å². The highest BCUT2D eigenvalue weighted by Crippen LogP contribution is 2.21. The number of sulfonamides is 1.